The molecule has 0 spiro atoms. The molecule has 7 heteroatoms. The second-order valence-electron chi connectivity index (χ2n) is 6.94. The molecule has 1 aliphatic rings. The summed E-state index contributed by atoms with van der Waals surface area (Å²) in [6.07, 6.45) is 3.51. The van der Waals surface area contributed by atoms with Gasteiger partial charge in [-0.25, -0.2) is 0 Å². The third-order valence-electron chi connectivity index (χ3n) is 5.24. The zero-order chi connectivity index (χ0) is 20.1. The summed E-state index contributed by atoms with van der Waals surface area (Å²) in [5, 5.41) is 16.8. The van der Waals surface area contributed by atoms with Crippen molar-refractivity contribution in [2.24, 2.45) is 0 Å². The lowest BCUT2D eigenvalue weighted by Gasteiger charge is -2.03. The molecule has 2 aromatic heterocycles. The normalized spacial score (nSPS) is 11.9. The van der Waals surface area contributed by atoms with E-state index < -0.39 is 0 Å². The van der Waals surface area contributed by atoms with Gasteiger partial charge in [-0.2, -0.15) is 10.4 Å². The van der Waals surface area contributed by atoms with Gasteiger partial charge in [0.05, 0.1) is 29.1 Å². The number of hydrogen-bond acceptors (Lipinski definition) is 4. The van der Waals surface area contributed by atoms with E-state index in [1.54, 1.807) is 36.3 Å². The van der Waals surface area contributed by atoms with Crippen LogP contribution in [0, 0.1) is 11.3 Å². The molecule has 0 bridgehead atoms. The third-order valence-corrected chi connectivity index (χ3v) is 5.24. The number of benzene rings is 2. The number of carbonyl (C=O) groups excluding carboxylic acids is 2. The Bertz CT molecular complexity index is 1370. The fourth-order valence-corrected chi connectivity index (χ4v) is 3.79. The molecule has 2 heterocycles. The van der Waals surface area contributed by atoms with Crippen LogP contribution in [-0.4, -0.2) is 33.5 Å². The maximum atomic E-state index is 13.0. The van der Waals surface area contributed by atoms with Crippen LogP contribution in [-0.2, 0) is 11.3 Å². The number of fused-ring (bicyclic) bond motifs is 5. The number of nitriles is 1. The summed E-state index contributed by atoms with van der Waals surface area (Å²) in [5.41, 5.74) is 5.99. The average Bonchev–Trinajstić information content (AvgIpc) is 3.42. The number of rotatable bonds is 3. The van der Waals surface area contributed by atoms with Gasteiger partial charge >= 0.3 is 0 Å². The van der Waals surface area contributed by atoms with Crippen LogP contribution >= 0.6 is 0 Å². The van der Waals surface area contributed by atoms with Crippen LogP contribution in [0.2, 0.25) is 0 Å². The van der Waals surface area contributed by atoms with Crippen LogP contribution in [0.3, 0.4) is 0 Å². The van der Waals surface area contributed by atoms with Crippen LogP contribution < -0.4 is 5.32 Å². The minimum Gasteiger partial charge on any atom is -0.358 e. The summed E-state index contributed by atoms with van der Waals surface area (Å²) >= 11 is 0. The van der Waals surface area contributed by atoms with E-state index in [1.165, 1.54) is 0 Å². The first kappa shape index (κ1) is 17.0. The standard InChI is InChI=1S/C22H15N5O2/c1-24-19(28)11-27-10-14(9-25-27)13-3-5-15-17(7-13)21-20(22(15)29)16-4-2-12(8-23)6-18(16)26-21/h2-7,9-10,26H,11H2,1H3,(H,24,28). The van der Waals surface area contributed by atoms with Crippen molar-refractivity contribution in [3.05, 3.63) is 65.5 Å². The van der Waals surface area contributed by atoms with Gasteiger partial charge in [0.2, 0.25) is 5.91 Å². The van der Waals surface area contributed by atoms with Crippen molar-refractivity contribution in [2.45, 2.75) is 6.54 Å². The fraction of sp³-hybridized carbons (Fsp3) is 0.0909. The Morgan fingerprint density at radius 1 is 1.21 bits per heavy atom. The van der Waals surface area contributed by atoms with Crippen LogP contribution in [0.1, 0.15) is 21.5 Å². The largest absolute Gasteiger partial charge is 0.358 e. The number of aromatic amines is 1. The number of amides is 1. The van der Waals surface area contributed by atoms with Gasteiger partial charge in [-0.15, -0.1) is 0 Å². The van der Waals surface area contributed by atoms with E-state index >= 15 is 0 Å². The molecule has 0 saturated heterocycles. The van der Waals surface area contributed by atoms with Gasteiger partial charge in [-0.1, -0.05) is 12.1 Å². The van der Waals surface area contributed by atoms with Crippen LogP contribution in [0.4, 0.5) is 0 Å². The maximum absolute atomic E-state index is 13.0. The van der Waals surface area contributed by atoms with Gasteiger partial charge in [0.15, 0.2) is 5.78 Å². The zero-order valence-electron chi connectivity index (χ0n) is 15.5. The predicted octanol–water partition coefficient (Wildman–Crippen LogP) is 2.86. The number of nitrogens with zero attached hydrogens (tertiary/aromatic N) is 3. The van der Waals surface area contributed by atoms with Crippen LogP contribution in [0.5, 0.6) is 0 Å². The fourth-order valence-electron chi connectivity index (χ4n) is 3.79. The Kier molecular flexibility index (Phi) is 3.61. The van der Waals surface area contributed by atoms with Crippen molar-refractivity contribution in [2.75, 3.05) is 7.05 Å². The van der Waals surface area contributed by atoms with E-state index in [0.29, 0.717) is 16.7 Å². The summed E-state index contributed by atoms with van der Waals surface area (Å²) in [7, 11) is 1.59. The Morgan fingerprint density at radius 3 is 2.86 bits per heavy atom. The number of nitrogens with one attached hydrogen (secondary N) is 2. The van der Waals surface area contributed by atoms with E-state index in [1.807, 2.05) is 24.3 Å². The monoisotopic (exact) mass is 381 g/mol. The van der Waals surface area contributed by atoms with E-state index in [-0.39, 0.29) is 18.2 Å². The highest BCUT2D eigenvalue weighted by atomic mass is 16.2. The number of ketones is 1. The molecule has 1 amide bonds. The summed E-state index contributed by atoms with van der Waals surface area (Å²) in [6, 6.07) is 13.1. The highest BCUT2D eigenvalue weighted by molar-refractivity contribution is 6.27. The smallest absolute Gasteiger partial charge is 0.241 e. The molecule has 1 aliphatic carbocycles. The average molecular weight is 381 g/mol. The van der Waals surface area contributed by atoms with E-state index in [0.717, 1.165) is 33.3 Å². The first-order chi connectivity index (χ1) is 14.1. The highest BCUT2D eigenvalue weighted by Gasteiger charge is 2.31. The molecule has 0 saturated carbocycles. The van der Waals surface area contributed by atoms with Gasteiger partial charge in [-0.05, 0) is 29.8 Å². The number of H-pyrrole nitrogens is 1. The number of aromatic nitrogens is 3. The van der Waals surface area contributed by atoms with E-state index in [2.05, 4.69) is 21.5 Å². The van der Waals surface area contributed by atoms with Crippen LogP contribution in [0.15, 0.2) is 48.8 Å². The second-order valence-corrected chi connectivity index (χ2v) is 6.94. The van der Waals surface area contributed by atoms with Crippen molar-refractivity contribution in [1.82, 2.24) is 20.1 Å². The topological polar surface area (TPSA) is 104 Å². The van der Waals surface area contributed by atoms with Gasteiger partial charge in [0, 0.05) is 40.8 Å². The van der Waals surface area contributed by atoms with Crippen molar-refractivity contribution < 1.29 is 9.59 Å². The molecule has 0 atom stereocenters. The Balaban J connectivity index is 1.59. The Hall–Kier alpha value is -4.18. The molecule has 29 heavy (non-hydrogen) atoms. The molecule has 0 fully saturated rings. The summed E-state index contributed by atoms with van der Waals surface area (Å²) in [6.45, 7) is 0.146. The molecule has 5 rings (SSSR count). The molecule has 2 N–H and O–H groups in total. The molecule has 7 nitrogen and oxygen atoms in total. The number of carbonyl (C=O) groups is 2. The summed E-state index contributed by atoms with van der Waals surface area (Å²) in [4.78, 5) is 27.8. The second kappa shape index (κ2) is 6.17. The molecule has 140 valence electrons. The first-order valence-electron chi connectivity index (χ1n) is 9.07. The molecule has 4 aromatic rings. The van der Waals surface area contributed by atoms with Crippen molar-refractivity contribution >= 4 is 22.6 Å². The minimum absolute atomic E-state index is 0.0205. The third kappa shape index (κ3) is 2.54. The quantitative estimate of drug-likeness (QED) is 0.501. The molecule has 0 aliphatic heterocycles. The van der Waals surface area contributed by atoms with Crippen molar-refractivity contribution in [1.29, 1.82) is 5.26 Å². The lowest BCUT2D eigenvalue weighted by atomic mass is 10.0. The first-order valence-corrected chi connectivity index (χ1v) is 9.07. The van der Waals surface area contributed by atoms with Crippen molar-refractivity contribution in [3.8, 4) is 28.5 Å². The summed E-state index contributed by atoms with van der Waals surface area (Å²) < 4.78 is 1.57. The SMILES string of the molecule is CNC(=O)Cn1cc(-c2ccc3c(c2)-c2[nH]c4cc(C#N)ccc4c2C3=O)cn1. The van der Waals surface area contributed by atoms with E-state index in [9.17, 15) is 9.59 Å². The van der Waals surface area contributed by atoms with Gasteiger partial charge in [-0.3, -0.25) is 14.3 Å². The lowest BCUT2D eigenvalue weighted by Crippen LogP contribution is -2.23. The molecule has 0 radical (unpaired) electrons. The lowest BCUT2D eigenvalue weighted by molar-refractivity contribution is -0.121. The van der Waals surface area contributed by atoms with Gasteiger partial charge in [0.25, 0.3) is 0 Å². The molecule has 2 aromatic carbocycles. The summed E-state index contributed by atoms with van der Waals surface area (Å²) in [5.74, 6) is -0.147. The highest BCUT2D eigenvalue weighted by Crippen LogP contribution is 2.42. The maximum Gasteiger partial charge on any atom is 0.241 e. The molecular formula is C22H15N5O2. The van der Waals surface area contributed by atoms with Gasteiger partial charge < -0.3 is 10.3 Å². The number of likely N-dealkylation sites (N-methyl/N-ethyl adjacent to an activating group) is 1. The molecule has 0 unspecified atom stereocenters. The minimum atomic E-state index is -0.126. The molecular weight excluding hydrogens is 366 g/mol. The number of hydrogen-bond donors (Lipinski definition) is 2. The van der Waals surface area contributed by atoms with Crippen LogP contribution in [0.25, 0.3) is 33.3 Å². The van der Waals surface area contributed by atoms with Gasteiger partial charge in [0.1, 0.15) is 6.54 Å². The van der Waals surface area contributed by atoms with E-state index in [4.69, 9.17) is 5.26 Å². The predicted molar refractivity (Wildman–Crippen MR) is 107 cm³/mol. The Morgan fingerprint density at radius 2 is 2.07 bits per heavy atom. The Labute approximate surface area is 165 Å². The zero-order valence-corrected chi connectivity index (χ0v) is 15.5. The van der Waals surface area contributed by atoms with Crippen molar-refractivity contribution in [3.63, 3.8) is 0 Å².